The minimum Gasteiger partial charge on any atom is -0.368 e. The topological polar surface area (TPSA) is 92.4 Å². The molecule has 154 valence electrons. The summed E-state index contributed by atoms with van der Waals surface area (Å²) in [6.45, 7) is 3.79. The Hall–Kier alpha value is -2.96. The molecule has 0 unspecified atom stereocenters. The highest BCUT2D eigenvalue weighted by atomic mass is 16.2. The summed E-state index contributed by atoms with van der Waals surface area (Å²) in [4.78, 5) is 36.8. The molecule has 3 rings (SSSR count). The minimum atomic E-state index is -0.0979. The molecule has 1 aromatic carbocycles. The Morgan fingerprint density at radius 2 is 1.86 bits per heavy atom. The second-order valence-electron chi connectivity index (χ2n) is 7.76. The largest absolute Gasteiger partial charge is 0.368 e. The normalized spacial score (nSPS) is 14.6. The van der Waals surface area contributed by atoms with Crippen molar-refractivity contribution in [1.82, 2.24) is 19.8 Å². The second kappa shape index (κ2) is 9.49. The third kappa shape index (κ3) is 5.76. The molecule has 29 heavy (non-hydrogen) atoms. The van der Waals surface area contributed by atoms with E-state index in [-0.39, 0.29) is 17.8 Å². The average molecular weight is 396 g/mol. The molecule has 1 aliphatic rings. The molecule has 0 spiro atoms. The minimum absolute atomic E-state index is 0.0979. The lowest BCUT2D eigenvalue weighted by Gasteiger charge is -2.32. The van der Waals surface area contributed by atoms with Crippen molar-refractivity contribution < 1.29 is 9.59 Å². The number of aryl methyl sites for hydroxylation is 1. The van der Waals surface area contributed by atoms with Crippen molar-refractivity contribution in [2.24, 2.45) is 5.92 Å². The number of nitrogens with zero attached hydrogens (tertiary/aromatic N) is 4. The number of anilines is 1. The number of rotatable bonds is 6. The maximum atomic E-state index is 12.7. The lowest BCUT2D eigenvalue weighted by molar-refractivity contribution is -0.130. The van der Waals surface area contributed by atoms with Gasteiger partial charge in [0.25, 0.3) is 5.91 Å². The summed E-state index contributed by atoms with van der Waals surface area (Å²) in [5.74, 6) is 0.658. The number of carbonyl (C=O) groups excluding carboxylic acids is 2. The van der Waals surface area contributed by atoms with Gasteiger partial charge in [-0.25, -0.2) is 9.97 Å². The number of likely N-dealkylation sites (tertiary alicyclic amines) is 1. The molecular formula is C22H29N5O2. The van der Waals surface area contributed by atoms with Crippen molar-refractivity contribution in [3.05, 3.63) is 53.3 Å². The molecular weight excluding hydrogens is 366 g/mol. The molecule has 0 aliphatic carbocycles. The molecule has 1 fully saturated rings. The number of carbonyl (C=O) groups is 2. The van der Waals surface area contributed by atoms with E-state index in [0.29, 0.717) is 43.4 Å². The van der Waals surface area contributed by atoms with Crippen LogP contribution in [0.3, 0.4) is 0 Å². The SMILES string of the molecule is Cc1cc(C(=O)N2CCC(CCC(=O)N(C)Cc3ccccc3)CC2)nc(N)n1. The van der Waals surface area contributed by atoms with Crippen LogP contribution in [0.4, 0.5) is 5.95 Å². The summed E-state index contributed by atoms with van der Waals surface area (Å²) >= 11 is 0. The van der Waals surface area contributed by atoms with E-state index in [4.69, 9.17) is 5.73 Å². The molecule has 0 bridgehead atoms. The van der Waals surface area contributed by atoms with E-state index in [1.165, 1.54) is 0 Å². The zero-order valence-electron chi connectivity index (χ0n) is 17.2. The van der Waals surface area contributed by atoms with Crippen molar-refractivity contribution in [2.75, 3.05) is 25.9 Å². The molecule has 1 aliphatic heterocycles. The summed E-state index contributed by atoms with van der Waals surface area (Å²) in [7, 11) is 1.85. The number of hydrogen-bond donors (Lipinski definition) is 1. The zero-order chi connectivity index (χ0) is 20.8. The van der Waals surface area contributed by atoms with E-state index >= 15 is 0 Å². The number of amides is 2. The fourth-order valence-corrected chi connectivity index (χ4v) is 3.75. The van der Waals surface area contributed by atoms with Gasteiger partial charge in [-0.3, -0.25) is 9.59 Å². The summed E-state index contributed by atoms with van der Waals surface area (Å²) in [6.07, 6.45) is 3.21. The smallest absolute Gasteiger partial charge is 0.272 e. The molecule has 1 aromatic heterocycles. The molecule has 7 nitrogen and oxygen atoms in total. The predicted octanol–water partition coefficient (Wildman–Crippen LogP) is 2.66. The Bertz CT molecular complexity index is 827. The Labute approximate surface area is 171 Å². The van der Waals surface area contributed by atoms with Gasteiger partial charge in [0.1, 0.15) is 5.69 Å². The first-order chi connectivity index (χ1) is 13.9. The van der Waals surface area contributed by atoms with Crippen LogP contribution < -0.4 is 5.73 Å². The highest BCUT2D eigenvalue weighted by Crippen LogP contribution is 2.23. The number of nitrogens with two attached hydrogens (primary N) is 1. The van der Waals surface area contributed by atoms with E-state index < -0.39 is 0 Å². The Kier molecular flexibility index (Phi) is 6.80. The quantitative estimate of drug-likeness (QED) is 0.812. The van der Waals surface area contributed by atoms with E-state index in [1.54, 1.807) is 17.9 Å². The lowest BCUT2D eigenvalue weighted by Crippen LogP contribution is -2.39. The van der Waals surface area contributed by atoms with Gasteiger partial charge in [-0.15, -0.1) is 0 Å². The van der Waals surface area contributed by atoms with Gasteiger partial charge in [0.05, 0.1) is 0 Å². The van der Waals surface area contributed by atoms with Gasteiger partial charge >= 0.3 is 0 Å². The summed E-state index contributed by atoms with van der Waals surface area (Å²) in [5, 5.41) is 0. The van der Waals surface area contributed by atoms with Crippen molar-refractivity contribution in [3.63, 3.8) is 0 Å². The van der Waals surface area contributed by atoms with Crippen LogP contribution in [-0.4, -0.2) is 51.7 Å². The molecule has 0 radical (unpaired) electrons. The number of hydrogen-bond acceptors (Lipinski definition) is 5. The van der Waals surface area contributed by atoms with Crippen molar-refractivity contribution >= 4 is 17.8 Å². The standard InChI is InChI=1S/C22H29N5O2/c1-16-14-19(25-22(23)24-16)21(29)27-12-10-17(11-13-27)8-9-20(28)26(2)15-18-6-4-3-5-7-18/h3-7,14,17H,8-13,15H2,1-2H3,(H2,23,24,25). The van der Waals surface area contributed by atoms with Crippen LogP contribution in [-0.2, 0) is 11.3 Å². The van der Waals surface area contributed by atoms with Gasteiger partial charge in [0.2, 0.25) is 11.9 Å². The molecule has 0 saturated carbocycles. The fourth-order valence-electron chi connectivity index (χ4n) is 3.75. The van der Waals surface area contributed by atoms with Crippen LogP contribution in [0.2, 0.25) is 0 Å². The van der Waals surface area contributed by atoms with Crippen LogP contribution in [0.5, 0.6) is 0 Å². The van der Waals surface area contributed by atoms with E-state index in [1.807, 2.05) is 42.3 Å². The first kappa shape index (κ1) is 20.8. The Morgan fingerprint density at radius 1 is 1.17 bits per heavy atom. The molecule has 2 amide bonds. The highest BCUT2D eigenvalue weighted by Gasteiger charge is 2.25. The first-order valence-corrected chi connectivity index (χ1v) is 10.1. The van der Waals surface area contributed by atoms with E-state index in [9.17, 15) is 9.59 Å². The molecule has 7 heteroatoms. The summed E-state index contributed by atoms with van der Waals surface area (Å²) in [5.41, 5.74) is 7.84. The van der Waals surface area contributed by atoms with Crippen LogP contribution in [0, 0.1) is 12.8 Å². The van der Waals surface area contributed by atoms with Gasteiger partial charge < -0.3 is 15.5 Å². The first-order valence-electron chi connectivity index (χ1n) is 10.1. The van der Waals surface area contributed by atoms with Crippen LogP contribution in [0.1, 0.15) is 47.4 Å². The number of benzene rings is 1. The third-order valence-corrected chi connectivity index (χ3v) is 5.45. The van der Waals surface area contributed by atoms with Gasteiger partial charge in [0, 0.05) is 38.8 Å². The zero-order valence-corrected chi connectivity index (χ0v) is 17.2. The van der Waals surface area contributed by atoms with E-state index in [2.05, 4.69) is 9.97 Å². The van der Waals surface area contributed by atoms with Gasteiger partial charge in [-0.2, -0.15) is 0 Å². The summed E-state index contributed by atoms with van der Waals surface area (Å²) < 4.78 is 0. The highest BCUT2D eigenvalue weighted by molar-refractivity contribution is 5.92. The number of piperidine rings is 1. The summed E-state index contributed by atoms with van der Waals surface area (Å²) in [6, 6.07) is 11.7. The maximum absolute atomic E-state index is 12.7. The predicted molar refractivity (Wildman–Crippen MR) is 112 cm³/mol. The maximum Gasteiger partial charge on any atom is 0.272 e. The van der Waals surface area contributed by atoms with Gasteiger partial charge in [0.15, 0.2) is 0 Å². The fraction of sp³-hybridized carbons (Fsp3) is 0.455. The van der Waals surface area contributed by atoms with Crippen LogP contribution in [0.25, 0.3) is 0 Å². The molecule has 2 N–H and O–H groups in total. The van der Waals surface area contributed by atoms with Gasteiger partial charge in [-0.1, -0.05) is 30.3 Å². The molecule has 2 heterocycles. The Morgan fingerprint density at radius 3 is 2.52 bits per heavy atom. The van der Waals surface area contributed by atoms with Crippen molar-refractivity contribution in [3.8, 4) is 0 Å². The van der Waals surface area contributed by atoms with Gasteiger partial charge in [-0.05, 0) is 43.7 Å². The number of nitrogen functional groups attached to an aromatic ring is 1. The monoisotopic (exact) mass is 395 g/mol. The lowest BCUT2D eigenvalue weighted by atomic mass is 9.91. The average Bonchev–Trinajstić information content (AvgIpc) is 2.72. The molecule has 0 atom stereocenters. The van der Waals surface area contributed by atoms with E-state index in [0.717, 1.165) is 24.8 Å². The molecule has 1 saturated heterocycles. The van der Waals surface area contributed by atoms with Crippen molar-refractivity contribution in [2.45, 2.75) is 39.2 Å². The van der Waals surface area contributed by atoms with Crippen LogP contribution in [0.15, 0.2) is 36.4 Å². The third-order valence-electron chi connectivity index (χ3n) is 5.45. The van der Waals surface area contributed by atoms with Crippen LogP contribution >= 0.6 is 0 Å². The Balaban J connectivity index is 1.43. The number of aromatic nitrogens is 2. The van der Waals surface area contributed by atoms with Crippen molar-refractivity contribution in [1.29, 1.82) is 0 Å². The molecule has 2 aromatic rings. The second-order valence-corrected chi connectivity index (χ2v) is 7.76.